The molecule has 0 spiro atoms. The molecule has 0 aliphatic heterocycles. The highest BCUT2D eigenvalue weighted by Crippen LogP contribution is 2.39. The highest BCUT2D eigenvalue weighted by Gasteiger charge is 2.35. The summed E-state index contributed by atoms with van der Waals surface area (Å²) in [6.45, 7) is 2.17. The average molecular weight is 299 g/mol. The standard InChI is InChI=1S/C17H24F3N/c1-2-5-13-6-4-10-16(21,11-9-13)14-7-3-8-15(12-14)17(18,19)20/h3,7-8,12-13H,2,4-6,9-11,21H2,1H3. The summed E-state index contributed by atoms with van der Waals surface area (Å²) >= 11 is 0. The summed E-state index contributed by atoms with van der Waals surface area (Å²) in [5.41, 5.74) is 5.91. The molecule has 1 aromatic carbocycles. The van der Waals surface area contributed by atoms with Crippen LogP contribution in [0.3, 0.4) is 0 Å². The minimum absolute atomic E-state index is 0.598. The summed E-state index contributed by atoms with van der Waals surface area (Å²) in [6.07, 6.45) is 2.75. The number of hydrogen-bond acceptors (Lipinski definition) is 1. The highest BCUT2D eigenvalue weighted by atomic mass is 19.4. The normalized spacial score (nSPS) is 27.4. The third kappa shape index (κ3) is 4.00. The fourth-order valence-electron chi connectivity index (χ4n) is 3.43. The quantitative estimate of drug-likeness (QED) is 0.759. The van der Waals surface area contributed by atoms with Gasteiger partial charge >= 0.3 is 6.18 Å². The first kappa shape index (κ1) is 16.3. The number of hydrogen-bond donors (Lipinski definition) is 1. The molecule has 1 nitrogen and oxygen atoms in total. The van der Waals surface area contributed by atoms with Gasteiger partial charge in [-0.1, -0.05) is 44.7 Å². The second-order valence-electron chi connectivity index (χ2n) is 6.32. The Bertz CT molecular complexity index is 469. The van der Waals surface area contributed by atoms with Gasteiger partial charge in [0, 0.05) is 5.54 Å². The van der Waals surface area contributed by atoms with Crippen LogP contribution < -0.4 is 5.73 Å². The number of benzene rings is 1. The van der Waals surface area contributed by atoms with E-state index in [2.05, 4.69) is 6.92 Å². The third-order valence-corrected chi connectivity index (χ3v) is 4.70. The first-order valence-electron chi connectivity index (χ1n) is 7.82. The van der Waals surface area contributed by atoms with Crippen LogP contribution in [0.4, 0.5) is 13.2 Å². The summed E-state index contributed by atoms with van der Waals surface area (Å²) in [5, 5.41) is 0. The van der Waals surface area contributed by atoms with Crippen molar-refractivity contribution in [2.45, 2.75) is 63.6 Å². The smallest absolute Gasteiger partial charge is 0.321 e. The molecule has 1 fully saturated rings. The van der Waals surface area contributed by atoms with Gasteiger partial charge in [-0.25, -0.2) is 0 Å². The molecule has 21 heavy (non-hydrogen) atoms. The second kappa shape index (κ2) is 6.39. The zero-order valence-electron chi connectivity index (χ0n) is 12.5. The Morgan fingerprint density at radius 3 is 2.67 bits per heavy atom. The Balaban J connectivity index is 2.20. The van der Waals surface area contributed by atoms with Crippen LogP contribution in [-0.2, 0) is 11.7 Å². The zero-order chi connectivity index (χ0) is 15.5. The lowest BCUT2D eigenvalue weighted by Gasteiger charge is -2.29. The van der Waals surface area contributed by atoms with E-state index in [9.17, 15) is 13.2 Å². The van der Waals surface area contributed by atoms with E-state index in [4.69, 9.17) is 5.73 Å². The van der Waals surface area contributed by atoms with Gasteiger partial charge in [0.1, 0.15) is 0 Å². The van der Waals surface area contributed by atoms with Crippen LogP contribution in [-0.4, -0.2) is 0 Å². The van der Waals surface area contributed by atoms with Crippen molar-refractivity contribution in [1.82, 2.24) is 0 Å². The number of halogens is 3. The monoisotopic (exact) mass is 299 g/mol. The molecule has 2 unspecified atom stereocenters. The van der Waals surface area contributed by atoms with Gasteiger partial charge in [-0.2, -0.15) is 13.2 Å². The Labute approximate surface area is 124 Å². The maximum atomic E-state index is 12.9. The van der Waals surface area contributed by atoms with Crippen molar-refractivity contribution in [2.75, 3.05) is 0 Å². The molecule has 1 saturated carbocycles. The minimum Gasteiger partial charge on any atom is -0.321 e. The Morgan fingerprint density at radius 2 is 2.00 bits per heavy atom. The lowest BCUT2D eigenvalue weighted by molar-refractivity contribution is -0.137. The summed E-state index contributed by atoms with van der Waals surface area (Å²) in [5.74, 6) is 0.672. The van der Waals surface area contributed by atoms with Crippen LogP contribution in [0.15, 0.2) is 24.3 Å². The van der Waals surface area contributed by atoms with E-state index >= 15 is 0 Å². The molecule has 1 aromatic rings. The van der Waals surface area contributed by atoms with Gasteiger partial charge in [-0.15, -0.1) is 0 Å². The van der Waals surface area contributed by atoms with Crippen LogP contribution >= 0.6 is 0 Å². The van der Waals surface area contributed by atoms with Gasteiger partial charge in [-0.05, 0) is 42.9 Å². The van der Waals surface area contributed by atoms with Crippen molar-refractivity contribution in [2.24, 2.45) is 11.7 Å². The lowest BCUT2D eigenvalue weighted by atomic mass is 9.82. The van der Waals surface area contributed by atoms with Crippen molar-refractivity contribution >= 4 is 0 Å². The average Bonchev–Trinajstić information content (AvgIpc) is 2.62. The van der Waals surface area contributed by atoms with Crippen LogP contribution in [0.25, 0.3) is 0 Å². The molecule has 0 saturated heterocycles. The van der Waals surface area contributed by atoms with Crippen molar-refractivity contribution in [3.05, 3.63) is 35.4 Å². The van der Waals surface area contributed by atoms with Gasteiger partial charge in [0.05, 0.1) is 5.56 Å². The molecule has 1 aliphatic carbocycles. The molecule has 2 atom stereocenters. The van der Waals surface area contributed by atoms with Gasteiger partial charge in [0.2, 0.25) is 0 Å². The maximum Gasteiger partial charge on any atom is 0.416 e. The topological polar surface area (TPSA) is 26.0 Å². The van der Waals surface area contributed by atoms with Crippen LogP contribution in [0, 0.1) is 5.92 Å². The van der Waals surface area contributed by atoms with Crippen LogP contribution in [0.5, 0.6) is 0 Å². The Hall–Kier alpha value is -1.03. The molecule has 2 N–H and O–H groups in total. The van der Waals surface area contributed by atoms with Crippen LogP contribution in [0.2, 0.25) is 0 Å². The predicted molar refractivity (Wildman–Crippen MR) is 78.8 cm³/mol. The molecule has 2 rings (SSSR count). The molecule has 0 aromatic heterocycles. The number of rotatable bonds is 3. The molecule has 118 valence electrons. The summed E-state index contributed by atoms with van der Waals surface area (Å²) in [4.78, 5) is 0. The lowest BCUT2D eigenvalue weighted by Crippen LogP contribution is -2.36. The van der Waals surface area contributed by atoms with E-state index in [-0.39, 0.29) is 0 Å². The first-order valence-corrected chi connectivity index (χ1v) is 7.82. The Morgan fingerprint density at radius 1 is 1.24 bits per heavy atom. The van der Waals surface area contributed by atoms with Crippen molar-refractivity contribution in [3.63, 3.8) is 0 Å². The van der Waals surface area contributed by atoms with Gasteiger partial charge in [-0.3, -0.25) is 0 Å². The summed E-state index contributed by atoms with van der Waals surface area (Å²) < 4.78 is 38.6. The van der Waals surface area contributed by atoms with Gasteiger partial charge in [0.25, 0.3) is 0 Å². The van der Waals surface area contributed by atoms with Gasteiger partial charge in [0.15, 0.2) is 0 Å². The predicted octanol–water partition coefficient (Wildman–Crippen LogP) is 5.24. The third-order valence-electron chi connectivity index (χ3n) is 4.70. The summed E-state index contributed by atoms with van der Waals surface area (Å²) in [7, 11) is 0. The number of nitrogens with two attached hydrogens (primary N) is 1. The Kier molecular flexibility index (Phi) is 4.97. The van der Waals surface area contributed by atoms with E-state index in [0.717, 1.165) is 44.6 Å². The molecule has 0 radical (unpaired) electrons. The van der Waals surface area contributed by atoms with Crippen molar-refractivity contribution in [1.29, 1.82) is 0 Å². The molecular weight excluding hydrogens is 275 g/mol. The highest BCUT2D eigenvalue weighted by molar-refractivity contribution is 5.31. The molecular formula is C17H24F3N. The molecule has 1 aliphatic rings. The van der Waals surface area contributed by atoms with E-state index < -0.39 is 17.3 Å². The summed E-state index contributed by atoms with van der Waals surface area (Å²) in [6, 6.07) is 5.57. The number of alkyl halides is 3. The fraction of sp³-hybridized carbons (Fsp3) is 0.647. The minimum atomic E-state index is -4.30. The zero-order valence-corrected chi connectivity index (χ0v) is 12.5. The fourth-order valence-corrected chi connectivity index (χ4v) is 3.43. The van der Waals surface area contributed by atoms with E-state index in [1.54, 1.807) is 6.07 Å². The SMILES string of the molecule is CCCC1CCCC(N)(c2cccc(C(F)(F)F)c2)CC1. The first-order chi connectivity index (χ1) is 9.85. The second-order valence-corrected chi connectivity index (χ2v) is 6.32. The van der Waals surface area contributed by atoms with Crippen molar-refractivity contribution in [3.8, 4) is 0 Å². The van der Waals surface area contributed by atoms with E-state index in [1.807, 2.05) is 0 Å². The van der Waals surface area contributed by atoms with Crippen LogP contribution in [0.1, 0.15) is 63.0 Å². The molecule has 4 heteroatoms. The molecule has 0 bridgehead atoms. The molecule has 0 amide bonds. The van der Waals surface area contributed by atoms with Gasteiger partial charge < -0.3 is 5.73 Å². The van der Waals surface area contributed by atoms with E-state index in [0.29, 0.717) is 11.5 Å². The van der Waals surface area contributed by atoms with Crippen molar-refractivity contribution < 1.29 is 13.2 Å². The maximum absolute atomic E-state index is 12.9. The van der Waals surface area contributed by atoms with E-state index in [1.165, 1.54) is 18.6 Å². The molecule has 0 heterocycles. The largest absolute Gasteiger partial charge is 0.416 e.